The van der Waals surface area contributed by atoms with Crippen LogP contribution in [0.25, 0.3) is 10.8 Å². The Bertz CT molecular complexity index is 1470. The SMILES string of the molecule is CCCC1CN(C(Cc2ccc3ccccc3c2)C(=O)NC)CCN1C(=O)C(Cc1ccc(F)cc1)NS(N)(=O)=O. The van der Waals surface area contributed by atoms with Crippen LogP contribution < -0.4 is 15.2 Å². The molecule has 4 N–H and O–H groups in total. The van der Waals surface area contributed by atoms with E-state index < -0.39 is 34.0 Å². The van der Waals surface area contributed by atoms with Crippen LogP contribution in [0.5, 0.6) is 0 Å². The van der Waals surface area contributed by atoms with Crippen LogP contribution in [0, 0.1) is 5.82 Å². The molecule has 0 aliphatic carbocycles. The van der Waals surface area contributed by atoms with Gasteiger partial charge in [-0.25, -0.2) is 9.53 Å². The molecule has 0 spiro atoms. The molecular weight excluding hydrogens is 545 g/mol. The predicted molar refractivity (Wildman–Crippen MR) is 158 cm³/mol. The van der Waals surface area contributed by atoms with Gasteiger partial charge in [-0.15, -0.1) is 0 Å². The lowest BCUT2D eigenvalue weighted by atomic mass is 9.97. The van der Waals surface area contributed by atoms with Crippen molar-refractivity contribution < 1.29 is 22.4 Å². The van der Waals surface area contributed by atoms with Crippen LogP contribution in [0.15, 0.2) is 66.7 Å². The molecule has 1 aliphatic heterocycles. The van der Waals surface area contributed by atoms with Gasteiger partial charge in [0.05, 0.1) is 6.04 Å². The van der Waals surface area contributed by atoms with Gasteiger partial charge in [-0.05, 0) is 53.3 Å². The summed E-state index contributed by atoms with van der Waals surface area (Å²) in [5.41, 5.74) is 1.64. The number of hydrogen-bond donors (Lipinski definition) is 3. The lowest BCUT2D eigenvalue weighted by Gasteiger charge is -2.45. The number of carbonyl (C=O) groups is 2. The Balaban J connectivity index is 1.54. The number of benzene rings is 3. The minimum absolute atomic E-state index is 0.0252. The number of piperazine rings is 1. The van der Waals surface area contributed by atoms with Crippen molar-refractivity contribution >= 4 is 32.8 Å². The highest BCUT2D eigenvalue weighted by molar-refractivity contribution is 7.87. The Morgan fingerprint density at radius 1 is 1.00 bits per heavy atom. The molecule has 9 nitrogen and oxygen atoms in total. The summed E-state index contributed by atoms with van der Waals surface area (Å²) >= 11 is 0. The second-order valence-electron chi connectivity index (χ2n) is 10.5. The fraction of sp³-hybridized carbons (Fsp3) is 0.400. The molecule has 1 heterocycles. The van der Waals surface area contributed by atoms with E-state index in [0.717, 1.165) is 22.8 Å². The van der Waals surface area contributed by atoms with E-state index >= 15 is 0 Å². The number of nitrogens with two attached hydrogens (primary N) is 1. The molecule has 1 fully saturated rings. The van der Waals surface area contributed by atoms with Gasteiger partial charge >= 0.3 is 0 Å². The molecule has 3 atom stereocenters. The van der Waals surface area contributed by atoms with E-state index in [0.29, 0.717) is 38.0 Å². The third kappa shape index (κ3) is 8.10. The first-order valence-corrected chi connectivity index (χ1v) is 15.4. The zero-order valence-electron chi connectivity index (χ0n) is 23.4. The number of fused-ring (bicyclic) bond motifs is 1. The Morgan fingerprint density at radius 3 is 2.34 bits per heavy atom. The van der Waals surface area contributed by atoms with Crippen LogP contribution in [0.1, 0.15) is 30.9 Å². The summed E-state index contributed by atoms with van der Waals surface area (Å²) in [6.07, 6.45) is 2.01. The maximum absolute atomic E-state index is 13.8. The third-order valence-corrected chi connectivity index (χ3v) is 8.22. The number of carbonyl (C=O) groups excluding carboxylic acids is 2. The lowest BCUT2D eigenvalue weighted by Crippen LogP contribution is -2.63. The molecule has 1 aliphatic rings. The molecule has 2 amide bonds. The van der Waals surface area contributed by atoms with Crippen LogP contribution in [-0.4, -0.2) is 74.8 Å². The van der Waals surface area contributed by atoms with Gasteiger partial charge in [0.15, 0.2) is 0 Å². The minimum atomic E-state index is -4.19. The Morgan fingerprint density at radius 2 is 1.68 bits per heavy atom. The van der Waals surface area contributed by atoms with Crippen LogP contribution in [-0.2, 0) is 32.6 Å². The van der Waals surface area contributed by atoms with Crippen molar-refractivity contribution in [3.8, 4) is 0 Å². The summed E-state index contributed by atoms with van der Waals surface area (Å²) in [5, 5.41) is 10.3. The summed E-state index contributed by atoms with van der Waals surface area (Å²) < 4.78 is 39.6. The molecule has 11 heteroatoms. The van der Waals surface area contributed by atoms with Crippen molar-refractivity contribution in [2.45, 2.75) is 50.7 Å². The van der Waals surface area contributed by atoms with Crippen molar-refractivity contribution in [1.29, 1.82) is 0 Å². The van der Waals surface area contributed by atoms with Gasteiger partial charge in [-0.3, -0.25) is 14.5 Å². The Hall–Kier alpha value is -3.38. The summed E-state index contributed by atoms with van der Waals surface area (Å²) in [6, 6.07) is 18.0. The van der Waals surface area contributed by atoms with Gasteiger partial charge in [0.25, 0.3) is 10.2 Å². The monoisotopic (exact) mass is 583 g/mol. The highest BCUT2D eigenvalue weighted by Gasteiger charge is 2.38. The molecule has 4 rings (SSSR count). The molecule has 0 radical (unpaired) electrons. The van der Waals surface area contributed by atoms with E-state index in [2.05, 4.69) is 33.1 Å². The first-order valence-electron chi connectivity index (χ1n) is 13.9. The molecule has 0 saturated carbocycles. The van der Waals surface area contributed by atoms with Gasteiger partial charge in [0, 0.05) is 32.7 Å². The standard InChI is InChI=1S/C30H38FN5O4S/c1-3-6-26-20-35(28(29(37)33-2)19-22-9-12-23-7-4-5-8-24(23)17-22)15-16-36(26)30(38)27(34-41(32,39)40)18-21-10-13-25(31)14-11-21/h4-5,7-14,17,26-28,34H,3,6,15-16,18-20H2,1-2H3,(H,33,37)(H2,32,39,40). The number of nitrogens with zero attached hydrogens (tertiary/aromatic N) is 2. The molecule has 41 heavy (non-hydrogen) atoms. The molecule has 3 aromatic carbocycles. The zero-order valence-corrected chi connectivity index (χ0v) is 24.2. The van der Waals surface area contributed by atoms with Crippen molar-refractivity contribution in [2.75, 3.05) is 26.7 Å². The average Bonchev–Trinajstić information content (AvgIpc) is 2.95. The number of rotatable bonds is 11. The number of halogens is 1. The highest BCUT2D eigenvalue weighted by Crippen LogP contribution is 2.23. The van der Waals surface area contributed by atoms with E-state index in [1.165, 1.54) is 24.3 Å². The second-order valence-corrected chi connectivity index (χ2v) is 11.9. The van der Waals surface area contributed by atoms with E-state index in [9.17, 15) is 22.4 Å². The second kappa shape index (κ2) is 13.5. The van der Waals surface area contributed by atoms with Crippen molar-refractivity contribution in [3.63, 3.8) is 0 Å². The topological polar surface area (TPSA) is 125 Å². The third-order valence-electron chi connectivity index (χ3n) is 7.61. The van der Waals surface area contributed by atoms with E-state index in [4.69, 9.17) is 5.14 Å². The van der Waals surface area contributed by atoms with E-state index in [1.807, 2.05) is 31.2 Å². The zero-order chi connectivity index (χ0) is 29.6. The van der Waals surface area contributed by atoms with Gasteiger partial charge < -0.3 is 10.2 Å². The van der Waals surface area contributed by atoms with Gasteiger partial charge in [0.1, 0.15) is 11.9 Å². The van der Waals surface area contributed by atoms with Crippen molar-refractivity contribution in [1.82, 2.24) is 19.8 Å². The Kier molecular flexibility index (Phi) is 10.1. The molecule has 0 aromatic heterocycles. The summed E-state index contributed by atoms with van der Waals surface area (Å²) in [5.74, 6) is -0.921. The first-order chi connectivity index (χ1) is 19.6. The van der Waals surface area contributed by atoms with E-state index in [-0.39, 0.29) is 18.4 Å². The summed E-state index contributed by atoms with van der Waals surface area (Å²) in [7, 11) is -2.57. The Labute approximate surface area is 241 Å². The molecule has 3 unspecified atom stereocenters. The lowest BCUT2D eigenvalue weighted by molar-refractivity contribution is -0.139. The normalized spacial score (nSPS) is 17.8. The fourth-order valence-corrected chi connectivity index (χ4v) is 6.19. The number of nitrogens with one attached hydrogen (secondary N) is 2. The van der Waals surface area contributed by atoms with Crippen LogP contribution in [0.2, 0.25) is 0 Å². The fourth-order valence-electron chi connectivity index (χ4n) is 5.61. The van der Waals surface area contributed by atoms with Gasteiger partial charge in [0.2, 0.25) is 11.8 Å². The molecule has 3 aromatic rings. The number of likely N-dealkylation sites (N-methyl/N-ethyl adjacent to an activating group) is 1. The number of hydrogen-bond acceptors (Lipinski definition) is 5. The quantitative estimate of drug-likeness (QED) is 0.320. The molecule has 0 bridgehead atoms. The molecule has 1 saturated heterocycles. The first kappa shape index (κ1) is 30.6. The number of amides is 2. The maximum atomic E-state index is 13.8. The van der Waals surface area contributed by atoms with Crippen LogP contribution >= 0.6 is 0 Å². The smallest absolute Gasteiger partial charge is 0.275 e. The summed E-state index contributed by atoms with van der Waals surface area (Å²) in [4.78, 5) is 30.7. The van der Waals surface area contributed by atoms with Crippen molar-refractivity contribution in [3.05, 3.63) is 83.7 Å². The predicted octanol–water partition coefficient (Wildman–Crippen LogP) is 2.35. The largest absolute Gasteiger partial charge is 0.358 e. The summed E-state index contributed by atoms with van der Waals surface area (Å²) in [6.45, 7) is 3.24. The van der Waals surface area contributed by atoms with Gasteiger partial charge in [-0.1, -0.05) is 67.9 Å². The maximum Gasteiger partial charge on any atom is 0.275 e. The molecular formula is C30H38FN5O4S. The van der Waals surface area contributed by atoms with Crippen molar-refractivity contribution in [2.24, 2.45) is 5.14 Å². The minimum Gasteiger partial charge on any atom is -0.358 e. The highest BCUT2D eigenvalue weighted by atomic mass is 32.2. The van der Waals surface area contributed by atoms with Gasteiger partial charge in [-0.2, -0.15) is 13.1 Å². The van der Waals surface area contributed by atoms with E-state index in [1.54, 1.807) is 11.9 Å². The average molecular weight is 584 g/mol. The molecule has 220 valence electrons. The van der Waals surface area contributed by atoms with Crippen LogP contribution in [0.3, 0.4) is 0 Å². The van der Waals surface area contributed by atoms with Crippen LogP contribution in [0.4, 0.5) is 4.39 Å².